The second-order valence-corrected chi connectivity index (χ2v) is 4.78. The van der Waals surface area contributed by atoms with E-state index in [1.165, 1.54) is 0 Å². The maximum absolute atomic E-state index is 11.2. The molecule has 1 N–H and O–H groups in total. The van der Waals surface area contributed by atoms with Gasteiger partial charge in [0, 0.05) is 13.0 Å². The number of aliphatic carboxylic acids is 1. The van der Waals surface area contributed by atoms with Crippen LogP contribution in [0.3, 0.4) is 0 Å². The lowest BCUT2D eigenvalue weighted by molar-refractivity contribution is -0.150. The molecule has 1 unspecified atom stereocenters. The number of rotatable bonds is 3. The molecule has 0 amide bonds. The molecule has 4 heteroatoms. The van der Waals surface area contributed by atoms with E-state index in [1.807, 2.05) is 18.7 Å². The average molecular weight is 210 g/mol. The first kappa shape index (κ1) is 12.0. The van der Waals surface area contributed by atoms with Crippen molar-refractivity contribution >= 4 is 5.97 Å². The van der Waals surface area contributed by atoms with E-state index in [0.717, 1.165) is 19.4 Å². The summed E-state index contributed by atoms with van der Waals surface area (Å²) in [5.41, 5.74) is -0.195. The van der Waals surface area contributed by atoms with Crippen molar-refractivity contribution in [3.63, 3.8) is 0 Å². The molecule has 1 fully saturated rings. The molecule has 0 bridgehead atoms. The minimum atomic E-state index is -0.766. The van der Waals surface area contributed by atoms with Gasteiger partial charge in [-0.25, -0.2) is 0 Å². The standard InChI is InChI=1S/C11H18N2O2/c1-11(2)5-3-7-13(8-4-6-12)9(11)10(14)15/h9H,3-5,7-8H2,1-2H3,(H,14,15). The molecule has 15 heavy (non-hydrogen) atoms. The Morgan fingerprint density at radius 3 is 2.87 bits per heavy atom. The normalized spacial score (nSPS) is 25.8. The third kappa shape index (κ3) is 2.69. The summed E-state index contributed by atoms with van der Waals surface area (Å²) in [6.07, 6.45) is 2.36. The first-order valence-corrected chi connectivity index (χ1v) is 5.33. The van der Waals surface area contributed by atoms with Gasteiger partial charge in [-0.1, -0.05) is 13.8 Å². The summed E-state index contributed by atoms with van der Waals surface area (Å²) in [7, 11) is 0. The highest BCUT2D eigenvalue weighted by atomic mass is 16.4. The van der Waals surface area contributed by atoms with Crippen LogP contribution in [0, 0.1) is 16.7 Å². The highest BCUT2D eigenvalue weighted by molar-refractivity contribution is 5.74. The molecule has 1 aliphatic rings. The largest absolute Gasteiger partial charge is 0.480 e. The third-order valence-electron chi connectivity index (χ3n) is 3.12. The summed E-state index contributed by atoms with van der Waals surface area (Å²) >= 11 is 0. The second-order valence-electron chi connectivity index (χ2n) is 4.78. The smallest absolute Gasteiger partial charge is 0.321 e. The zero-order valence-electron chi connectivity index (χ0n) is 9.36. The highest BCUT2D eigenvalue weighted by Gasteiger charge is 2.41. The molecule has 0 radical (unpaired) electrons. The number of carboxylic acids is 1. The van der Waals surface area contributed by atoms with Crippen LogP contribution in [-0.2, 0) is 4.79 Å². The summed E-state index contributed by atoms with van der Waals surface area (Å²) in [6, 6.07) is 1.62. The van der Waals surface area contributed by atoms with Crippen molar-refractivity contribution in [3.8, 4) is 6.07 Å². The fourth-order valence-electron chi connectivity index (χ4n) is 2.42. The Bertz CT molecular complexity index is 281. The fraction of sp³-hybridized carbons (Fsp3) is 0.818. The lowest BCUT2D eigenvalue weighted by Gasteiger charge is -2.43. The van der Waals surface area contributed by atoms with Crippen molar-refractivity contribution in [1.82, 2.24) is 4.90 Å². The molecule has 1 aliphatic heterocycles. The van der Waals surface area contributed by atoms with Crippen LogP contribution in [0.25, 0.3) is 0 Å². The molecular weight excluding hydrogens is 192 g/mol. The number of piperidine rings is 1. The minimum Gasteiger partial charge on any atom is -0.480 e. The molecule has 1 rings (SSSR count). The van der Waals surface area contributed by atoms with Crippen LogP contribution < -0.4 is 0 Å². The van der Waals surface area contributed by atoms with E-state index in [-0.39, 0.29) is 5.41 Å². The van der Waals surface area contributed by atoms with Crippen LogP contribution in [0.15, 0.2) is 0 Å². The van der Waals surface area contributed by atoms with Gasteiger partial charge in [0.2, 0.25) is 0 Å². The van der Waals surface area contributed by atoms with Gasteiger partial charge in [0.25, 0.3) is 0 Å². The Morgan fingerprint density at radius 1 is 1.67 bits per heavy atom. The van der Waals surface area contributed by atoms with Crippen LogP contribution >= 0.6 is 0 Å². The van der Waals surface area contributed by atoms with Crippen molar-refractivity contribution in [3.05, 3.63) is 0 Å². The Balaban J connectivity index is 2.76. The molecule has 1 heterocycles. The van der Waals surface area contributed by atoms with Crippen LogP contribution in [0.4, 0.5) is 0 Å². The summed E-state index contributed by atoms with van der Waals surface area (Å²) in [6.45, 7) is 5.34. The van der Waals surface area contributed by atoms with Crippen molar-refractivity contribution in [2.45, 2.75) is 39.2 Å². The molecule has 84 valence electrons. The molecule has 0 aliphatic carbocycles. The molecule has 4 nitrogen and oxygen atoms in total. The van der Waals surface area contributed by atoms with Crippen LogP contribution in [-0.4, -0.2) is 35.1 Å². The van der Waals surface area contributed by atoms with E-state index >= 15 is 0 Å². The summed E-state index contributed by atoms with van der Waals surface area (Å²) < 4.78 is 0. The fourth-order valence-corrected chi connectivity index (χ4v) is 2.42. The molecular formula is C11H18N2O2. The van der Waals surface area contributed by atoms with Gasteiger partial charge in [-0.2, -0.15) is 5.26 Å². The van der Waals surface area contributed by atoms with Gasteiger partial charge >= 0.3 is 5.97 Å². The van der Waals surface area contributed by atoms with Gasteiger partial charge in [-0.3, -0.25) is 9.69 Å². The number of hydrogen-bond donors (Lipinski definition) is 1. The molecule has 1 atom stereocenters. The van der Waals surface area contributed by atoms with Gasteiger partial charge in [0.05, 0.1) is 6.07 Å². The van der Waals surface area contributed by atoms with Gasteiger partial charge in [-0.05, 0) is 24.8 Å². The predicted molar refractivity (Wildman–Crippen MR) is 56.2 cm³/mol. The summed E-state index contributed by atoms with van der Waals surface area (Å²) in [4.78, 5) is 13.1. The van der Waals surface area contributed by atoms with E-state index in [2.05, 4.69) is 6.07 Å². The molecule has 1 saturated heterocycles. The van der Waals surface area contributed by atoms with Crippen LogP contribution in [0.1, 0.15) is 33.1 Å². The van der Waals surface area contributed by atoms with Crippen LogP contribution in [0.2, 0.25) is 0 Å². The number of likely N-dealkylation sites (tertiary alicyclic amines) is 1. The van der Waals surface area contributed by atoms with Crippen molar-refractivity contribution < 1.29 is 9.90 Å². The number of nitrogens with zero attached hydrogens (tertiary/aromatic N) is 2. The molecule has 0 aromatic heterocycles. The maximum Gasteiger partial charge on any atom is 0.321 e. The Hall–Kier alpha value is -1.08. The number of nitriles is 1. The first-order chi connectivity index (χ1) is 6.99. The number of carboxylic acid groups (broad SMARTS) is 1. The quantitative estimate of drug-likeness (QED) is 0.766. The number of hydrogen-bond acceptors (Lipinski definition) is 3. The van der Waals surface area contributed by atoms with Gasteiger partial charge < -0.3 is 5.11 Å². The number of carbonyl (C=O) groups is 1. The van der Waals surface area contributed by atoms with Crippen molar-refractivity contribution in [2.24, 2.45) is 5.41 Å². The Labute approximate surface area is 90.5 Å². The topological polar surface area (TPSA) is 64.3 Å². The second kappa shape index (κ2) is 4.63. The predicted octanol–water partition coefficient (Wildman–Crippen LogP) is 1.48. The molecule has 0 aromatic carbocycles. The van der Waals surface area contributed by atoms with E-state index in [0.29, 0.717) is 13.0 Å². The molecule has 0 saturated carbocycles. The SMILES string of the molecule is CC1(C)CCCN(CCC#N)C1C(=O)O. The molecule has 0 aromatic rings. The van der Waals surface area contributed by atoms with Gasteiger partial charge in [-0.15, -0.1) is 0 Å². The van der Waals surface area contributed by atoms with E-state index in [4.69, 9.17) is 5.26 Å². The zero-order chi connectivity index (χ0) is 11.5. The van der Waals surface area contributed by atoms with Crippen LogP contribution in [0.5, 0.6) is 0 Å². The van der Waals surface area contributed by atoms with E-state index < -0.39 is 12.0 Å². The Kier molecular flexibility index (Phi) is 3.70. The van der Waals surface area contributed by atoms with Crippen molar-refractivity contribution in [1.29, 1.82) is 5.26 Å². The maximum atomic E-state index is 11.2. The van der Waals surface area contributed by atoms with Crippen molar-refractivity contribution in [2.75, 3.05) is 13.1 Å². The lowest BCUT2D eigenvalue weighted by Crippen LogP contribution is -2.54. The van der Waals surface area contributed by atoms with E-state index in [1.54, 1.807) is 0 Å². The van der Waals surface area contributed by atoms with Gasteiger partial charge in [0.1, 0.15) is 6.04 Å². The molecule has 0 spiro atoms. The Morgan fingerprint density at radius 2 is 2.33 bits per heavy atom. The monoisotopic (exact) mass is 210 g/mol. The van der Waals surface area contributed by atoms with Gasteiger partial charge in [0.15, 0.2) is 0 Å². The minimum absolute atomic E-state index is 0.195. The lowest BCUT2D eigenvalue weighted by atomic mass is 9.76. The summed E-state index contributed by atoms with van der Waals surface area (Å²) in [5, 5.41) is 17.7. The first-order valence-electron chi connectivity index (χ1n) is 5.33. The van der Waals surface area contributed by atoms with E-state index in [9.17, 15) is 9.90 Å². The summed E-state index contributed by atoms with van der Waals surface area (Å²) in [5.74, 6) is -0.766. The average Bonchev–Trinajstić information content (AvgIpc) is 2.12. The zero-order valence-corrected chi connectivity index (χ0v) is 9.36. The third-order valence-corrected chi connectivity index (χ3v) is 3.12. The highest BCUT2D eigenvalue weighted by Crippen LogP contribution is 2.35.